The zero-order valence-corrected chi connectivity index (χ0v) is 14.7. The Morgan fingerprint density at radius 3 is 2.60 bits per heavy atom. The van der Waals surface area contributed by atoms with E-state index in [1.54, 1.807) is 13.2 Å². The standard InChI is InChI=1S/C11H13BrClNO4S2/c1-7(6-19(2)16)14-11(15)8-3-4-9(12)10(5-8)20(13,17)18/h3-5,7H,6H2,1-2H3,(H,14,15). The van der Waals surface area contributed by atoms with Crippen molar-refractivity contribution >= 4 is 52.4 Å². The van der Waals surface area contributed by atoms with Crippen molar-refractivity contribution in [2.75, 3.05) is 12.0 Å². The third-order valence-corrected chi connectivity index (χ3v) is 5.60. The van der Waals surface area contributed by atoms with E-state index in [-0.39, 0.29) is 21.0 Å². The van der Waals surface area contributed by atoms with Crippen LogP contribution in [0.3, 0.4) is 0 Å². The molecule has 1 N–H and O–H groups in total. The highest BCUT2D eigenvalue weighted by molar-refractivity contribution is 9.10. The quantitative estimate of drug-likeness (QED) is 0.763. The summed E-state index contributed by atoms with van der Waals surface area (Å²) in [6.07, 6.45) is 1.54. The molecule has 0 fully saturated rings. The van der Waals surface area contributed by atoms with Gasteiger partial charge in [-0.25, -0.2) is 8.42 Å². The van der Waals surface area contributed by atoms with Crippen molar-refractivity contribution in [2.24, 2.45) is 0 Å². The highest BCUT2D eigenvalue weighted by Crippen LogP contribution is 2.26. The summed E-state index contributed by atoms with van der Waals surface area (Å²) >= 11 is 3.06. The van der Waals surface area contributed by atoms with Crippen molar-refractivity contribution in [1.29, 1.82) is 0 Å². The van der Waals surface area contributed by atoms with Crippen LogP contribution in [0.15, 0.2) is 27.6 Å². The second kappa shape index (κ2) is 7.02. The molecule has 1 amide bonds. The van der Waals surface area contributed by atoms with Crippen molar-refractivity contribution in [3.63, 3.8) is 0 Å². The first-order valence-electron chi connectivity index (χ1n) is 5.46. The van der Waals surface area contributed by atoms with Crippen molar-refractivity contribution in [2.45, 2.75) is 17.9 Å². The van der Waals surface area contributed by atoms with Gasteiger partial charge in [-0.15, -0.1) is 0 Å². The van der Waals surface area contributed by atoms with Crippen molar-refractivity contribution in [3.8, 4) is 0 Å². The summed E-state index contributed by atoms with van der Waals surface area (Å²) in [5, 5.41) is 2.64. The van der Waals surface area contributed by atoms with E-state index in [0.29, 0.717) is 5.75 Å². The van der Waals surface area contributed by atoms with Crippen LogP contribution in [-0.4, -0.2) is 36.6 Å². The highest BCUT2D eigenvalue weighted by atomic mass is 79.9. The summed E-state index contributed by atoms with van der Waals surface area (Å²) in [7, 11) is 0.315. The number of rotatable bonds is 5. The maximum absolute atomic E-state index is 12.0. The summed E-state index contributed by atoms with van der Waals surface area (Å²) in [6, 6.07) is 3.82. The molecule has 2 unspecified atom stereocenters. The molecule has 0 heterocycles. The summed E-state index contributed by atoms with van der Waals surface area (Å²) in [4.78, 5) is 11.8. The molecule has 1 rings (SSSR count). The predicted molar refractivity (Wildman–Crippen MR) is 83.0 cm³/mol. The molecular weight excluding hydrogens is 390 g/mol. The van der Waals surface area contributed by atoms with Crippen LogP contribution in [0.1, 0.15) is 17.3 Å². The molecule has 0 spiro atoms. The van der Waals surface area contributed by atoms with Gasteiger partial charge in [-0.3, -0.25) is 9.00 Å². The average molecular weight is 403 g/mol. The van der Waals surface area contributed by atoms with Crippen LogP contribution >= 0.6 is 26.6 Å². The minimum Gasteiger partial charge on any atom is -0.349 e. The van der Waals surface area contributed by atoms with Gasteiger partial charge in [0, 0.05) is 49.6 Å². The number of benzene rings is 1. The number of hydrogen-bond acceptors (Lipinski definition) is 4. The molecule has 1 aromatic carbocycles. The Hall–Kier alpha value is -0.440. The van der Waals surface area contributed by atoms with E-state index in [4.69, 9.17) is 10.7 Å². The van der Waals surface area contributed by atoms with Gasteiger partial charge in [0.1, 0.15) is 0 Å². The van der Waals surface area contributed by atoms with Gasteiger partial charge in [0.25, 0.3) is 15.0 Å². The number of carbonyl (C=O) groups excluding carboxylic acids is 1. The number of halogens is 2. The molecule has 0 aliphatic rings. The van der Waals surface area contributed by atoms with Crippen LogP contribution < -0.4 is 5.32 Å². The second-order valence-electron chi connectivity index (χ2n) is 4.20. The third kappa shape index (κ3) is 5.16. The van der Waals surface area contributed by atoms with Gasteiger partial charge in [-0.1, -0.05) is 0 Å². The van der Waals surface area contributed by atoms with Crippen molar-refractivity contribution in [3.05, 3.63) is 28.2 Å². The largest absolute Gasteiger partial charge is 0.349 e. The lowest BCUT2D eigenvalue weighted by Gasteiger charge is -2.13. The molecule has 112 valence electrons. The van der Waals surface area contributed by atoms with Crippen LogP contribution in [-0.2, 0) is 19.9 Å². The summed E-state index contributed by atoms with van der Waals surface area (Å²) in [5.41, 5.74) is 0.168. The van der Waals surface area contributed by atoms with E-state index < -0.39 is 25.8 Å². The lowest BCUT2D eigenvalue weighted by molar-refractivity contribution is 0.0943. The van der Waals surface area contributed by atoms with Crippen LogP contribution in [0.5, 0.6) is 0 Å². The van der Waals surface area contributed by atoms with Gasteiger partial charge >= 0.3 is 0 Å². The van der Waals surface area contributed by atoms with E-state index in [0.717, 1.165) is 0 Å². The van der Waals surface area contributed by atoms with E-state index in [2.05, 4.69) is 21.2 Å². The fourth-order valence-electron chi connectivity index (χ4n) is 1.53. The van der Waals surface area contributed by atoms with E-state index >= 15 is 0 Å². The summed E-state index contributed by atoms with van der Waals surface area (Å²) in [6.45, 7) is 1.72. The second-order valence-corrected chi connectivity index (χ2v) is 9.07. The van der Waals surface area contributed by atoms with Crippen LogP contribution in [0, 0.1) is 0 Å². The maximum Gasteiger partial charge on any atom is 0.262 e. The van der Waals surface area contributed by atoms with Gasteiger partial charge in [0.15, 0.2) is 0 Å². The Kier molecular flexibility index (Phi) is 6.18. The average Bonchev–Trinajstić information content (AvgIpc) is 2.26. The Morgan fingerprint density at radius 2 is 2.10 bits per heavy atom. The lowest BCUT2D eigenvalue weighted by Crippen LogP contribution is -2.36. The predicted octanol–water partition coefficient (Wildman–Crippen LogP) is 1.87. The topological polar surface area (TPSA) is 80.3 Å². The minimum absolute atomic E-state index is 0.168. The van der Waals surface area contributed by atoms with E-state index in [1.807, 2.05) is 0 Å². The van der Waals surface area contributed by atoms with Crippen LogP contribution in [0.2, 0.25) is 0 Å². The first-order chi connectivity index (χ1) is 9.11. The number of hydrogen-bond donors (Lipinski definition) is 1. The van der Waals surface area contributed by atoms with E-state index in [9.17, 15) is 17.4 Å². The third-order valence-electron chi connectivity index (χ3n) is 2.32. The van der Waals surface area contributed by atoms with Crippen molar-refractivity contribution in [1.82, 2.24) is 5.32 Å². The molecule has 0 saturated carbocycles. The molecule has 2 atom stereocenters. The Bertz CT molecular complexity index is 648. The number of amides is 1. The zero-order chi connectivity index (χ0) is 15.5. The Morgan fingerprint density at radius 1 is 1.50 bits per heavy atom. The first-order valence-corrected chi connectivity index (χ1v) is 10.3. The van der Waals surface area contributed by atoms with Gasteiger partial charge in [0.05, 0.1) is 4.90 Å². The molecule has 1 aromatic rings. The zero-order valence-electron chi connectivity index (χ0n) is 10.7. The summed E-state index contributed by atoms with van der Waals surface area (Å²) in [5.74, 6) is -0.125. The molecule has 0 saturated heterocycles. The summed E-state index contributed by atoms with van der Waals surface area (Å²) < 4.78 is 34.1. The minimum atomic E-state index is -3.94. The van der Waals surface area contributed by atoms with Crippen LogP contribution in [0.25, 0.3) is 0 Å². The van der Waals surface area contributed by atoms with Gasteiger partial charge < -0.3 is 5.32 Å². The fraction of sp³-hybridized carbons (Fsp3) is 0.364. The number of nitrogens with one attached hydrogen (secondary N) is 1. The molecule has 20 heavy (non-hydrogen) atoms. The molecule has 0 radical (unpaired) electrons. The molecule has 5 nitrogen and oxygen atoms in total. The molecule has 0 bridgehead atoms. The smallest absolute Gasteiger partial charge is 0.262 e. The van der Waals surface area contributed by atoms with E-state index in [1.165, 1.54) is 18.2 Å². The fourth-order valence-corrected chi connectivity index (χ4v) is 4.44. The lowest BCUT2D eigenvalue weighted by atomic mass is 10.2. The molecule has 0 aliphatic carbocycles. The first kappa shape index (κ1) is 17.6. The highest BCUT2D eigenvalue weighted by Gasteiger charge is 2.18. The van der Waals surface area contributed by atoms with Gasteiger partial charge in [-0.2, -0.15) is 0 Å². The molecule has 0 aromatic heterocycles. The molecule has 9 heteroatoms. The van der Waals surface area contributed by atoms with Gasteiger partial charge in [-0.05, 0) is 41.1 Å². The Labute approximate surface area is 133 Å². The normalized spacial score (nSPS) is 14.6. The molecular formula is C11H13BrClNO4S2. The van der Waals surface area contributed by atoms with Crippen LogP contribution in [0.4, 0.5) is 0 Å². The monoisotopic (exact) mass is 401 g/mol. The maximum atomic E-state index is 12.0. The van der Waals surface area contributed by atoms with Crippen molar-refractivity contribution < 1.29 is 17.4 Å². The Balaban J connectivity index is 2.98. The number of carbonyl (C=O) groups is 1. The molecule has 0 aliphatic heterocycles. The van der Waals surface area contributed by atoms with Gasteiger partial charge in [0.2, 0.25) is 0 Å². The SMILES string of the molecule is CC(CS(C)=O)NC(=O)c1ccc(Br)c(S(=O)(=O)Cl)c1.